The third-order valence-corrected chi connectivity index (χ3v) is 4.25. The van der Waals surface area contributed by atoms with Crippen molar-refractivity contribution >= 4 is 5.88 Å². The van der Waals surface area contributed by atoms with Crippen molar-refractivity contribution in [3.63, 3.8) is 0 Å². The van der Waals surface area contributed by atoms with Crippen molar-refractivity contribution in [2.75, 3.05) is 12.8 Å². The summed E-state index contributed by atoms with van der Waals surface area (Å²) >= 11 is 0. The standard InChI is InChI=1S/C16H18N2O4/c1-7-4-9-12(11-6-18-22-16(11)17)13-10(5-8(2)20-13)14(19-3)15(9)21-7/h6-8H,4-5,17H2,1-3H3. The van der Waals surface area contributed by atoms with Crippen molar-refractivity contribution in [3.8, 4) is 28.4 Å². The molecule has 0 fully saturated rings. The normalized spacial score (nSPS) is 22.0. The number of ether oxygens (including phenoxy) is 3. The molecule has 1 aromatic heterocycles. The number of nitrogens with zero attached hydrogens (tertiary/aromatic N) is 1. The van der Waals surface area contributed by atoms with Gasteiger partial charge in [-0.2, -0.15) is 0 Å². The zero-order chi connectivity index (χ0) is 15.4. The molecule has 0 amide bonds. The van der Waals surface area contributed by atoms with E-state index < -0.39 is 0 Å². The third kappa shape index (κ3) is 1.70. The van der Waals surface area contributed by atoms with Crippen molar-refractivity contribution in [1.29, 1.82) is 0 Å². The molecule has 2 aliphatic heterocycles. The van der Waals surface area contributed by atoms with Gasteiger partial charge in [-0.05, 0) is 13.8 Å². The summed E-state index contributed by atoms with van der Waals surface area (Å²) in [6.07, 6.45) is 3.36. The summed E-state index contributed by atoms with van der Waals surface area (Å²) in [6, 6.07) is 0. The Labute approximate surface area is 128 Å². The predicted octanol–water partition coefficient (Wildman–Crippen LogP) is 2.58. The van der Waals surface area contributed by atoms with E-state index in [9.17, 15) is 0 Å². The van der Waals surface area contributed by atoms with Gasteiger partial charge in [0.15, 0.2) is 11.5 Å². The fourth-order valence-electron chi connectivity index (χ4n) is 3.41. The zero-order valence-corrected chi connectivity index (χ0v) is 12.8. The van der Waals surface area contributed by atoms with Gasteiger partial charge in [0.1, 0.15) is 18.0 Å². The second-order valence-electron chi connectivity index (χ2n) is 5.89. The summed E-state index contributed by atoms with van der Waals surface area (Å²) < 4.78 is 22.7. The molecule has 2 atom stereocenters. The summed E-state index contributed by atoms with van der Waals surface area (Å²) in [6.45, 7) is 4.07. The molecule has 0 aliphatic carbocycles. The number of aromatic nitrogens is 1. The molecule has 0 saturated carbocycles. The lowest BCUT2D eigenvalue weighted by molar-refractivity contribution is 0.242. The van der Waals surface area contributed by atoms with E-state index in [0.29, 0.717) is 0 Å². The molecular formula is C16H18N2O4. The lowest BCUT2D eigenvalue weighted by atomic mass is 9.93. The maximum atomic E-state index is 6.06. The van der Waals surface area contributed by atoms with Gasteiger partial charge in [0.2, 0.25) is 5.88 Å². The van der Waals surface area contributed by atoms with Gasteiger partial charge in [-0.1, -0.05) is 5.16 Å². The molecular weight excluding hydrogens is 284 g/mol. The molecule has 1 aromatic carbocycles. The van der Waals surface area contributed by atoms with E-state index in [4.69, 9.17) is 24.5 Å². The molecule has 0 saturated heterocycles. The molecule has 6 heteroatoms. The zero-order valence-electron chi connectivity index (χ0n) is 12.8. The Morgan fingerprint density at radius 2 is 1.82 bits per heavy atom. The molecule has 0 spiro atoms. The van der Waals surface area contributed by atoms with Crippen molar-refractivity contribution in [3.05, 3.63) is 17.3 Å². The third-order valence-electron chi connectivity index (χ3n) is 4.25. The van der Waals surface area contributed by atoms with Gasteiger partial charge < -0.3 is 24.5 Å². The first-order chi connectivity index (χ1) is 10.6. The molecule has 2 aromatic rings. The first kappa shape index (κ1) is 13.3. The molecule has 116 valence electrons. The van der Waals surface area contributed by atoms with Gasteiger partial charge in [0, 0.05) is 29.5 Å². The number of nitrogens with two attached hydrogens (primary N) is 1. The first-order valence-electron chi connectivity index (χ1n) is 7.39. The van der Waals surface area contributed by atoms with Crippen LogP contribution in [-0.2, 0) is 12.8 Å². The maximum Gasteiger partial charge on any atom is 0.230 e. The molecule has 0 radical (unpaired) electrons. The smallest absolute Gasteiger partial charge is 0.230 e. The van der Waals surface area contributed by atoms with Gasteiger partial charge in [0.25, 0.3) is 0 Å². The highest BCUT2D eigenvalue weighted by atomic mass is 16.5. The van der Waals surface area contributed by atoms with E-state index in [2.05, 4.69) is 5.16 Å². The van der Waals surface area contributed by atoms with Crippen LogP contribution in [0.2, 0.25) is 0 Å². The van der Waals surface area contributed by atoms with Crippen molar-refractivity contribution < 1.29 is 18.7 Å². The maximum absolute atomic E-state index is 6.06. The Hall–Kier alpha value is -2.37. The predicted molar refractivity (Wildman–Crippen MR) is 80.5 cm³/mol. The van der Waals surface area contributed by atoms with E-state index in [0.717, 1.165) is 52.3 Å². The van der Waals surface area contributed by atoms with Crippen molar-refractivity contribution in [2.24, 2.45) is 0 Å². The fraction of sp³-hybridized carbons (Fsp3) is 0.438. The number of benzene rings is 1. The summed E-state index contributed by atoms with van der Waals surface area (Å²) in [7, 11) is 1.67. The van der Waals surface area contributed by atoms with Crippen molar-refractivity contribution in [1.82, 2.24) is 5.16 Å². The average molecular weight is 302 g/mol. The molecule has 3 heterocycles. The van der Waals surface area contributed by atoms with Gasteiger partial charge in [0.05, 0.1) is 18.9 Å². The monoisotopic (exact) mass is 302 g/mol. The second kappa shape index (κ2) is 4.56. The second-order valence-corrected chi connectivity index (χ2v) is 5.89. The molecule has 2 aliphatic rings. The minimum atomic E-state index is 0.0867. The minimum absolute atomic E-state index is 0.0867. The van der Waals surface area contributed by atoms with E-state index in [1.165, 1.54) is 0 Å². The number of methoxy groups -OCH3 is 1. The van der Waals surface area contributed by atoms with Crippen molar-refractivity contribution in [2.45, 2.75) is 38.9 Å². The highest BCUT2D eigenvalue weighted by Gasteiger charge is 2.37. The number of fused-ring (bicyclic) bond motifs is 2. The summed E-state index contributed by atoms with van der Waals surface area (Å²) in [4.78, 5) is 0. The van der Waals surface area contributed by atoms with E-state index in [1.54, 1.807) is 13.3 Å². The lowest BCUT2D eigenvalue weighted by Gasteiger charge is -2.16. The fourth-order valence-corrected chi connectivity index (χ4v) is 3.41. The topological polar surface area (TPSA) is 79.7 Å². The quantitative estimate of drug-likeness (QED) is 0.918. The molecule has 4 rings (SSSR count). The van der Waals surface area contributed by atoms with Gasteiger partial charge in [-0.3, -0.25) is 0 Å². The summed E-state index contributed by atoms with van der Waals surface area (Å²) in [5.74, 6) is 2.67. The van der Waals surface area contributed by atoms with Gasteiger partial charge >= 0.3 is 0 Å². The highest BCUT2D eigenvalue weighted by molar-refractivity contribution is 5.86. The Balaban J connectivity index is 2.05. The van der Waals surface area contributed by atoms with Crippen LogP contribution in [0, 0.1) is 0 Å². The van der Waals surface area contributed by atoms with Crippen LogP contribution < -0.4 is 19.9 Å². The van der Waals surface area contributed by atoms with Crippen LogP contribution in [0.1, 0.15) is 25.0 Å². The van der Waals surface area contributed by atoms with Gasteiger partial charge in [-0.15, -0.1) is 0 Å². The average Bonchev–Trinajstić information content (AvgIpc) is 3.14. The number of rotatable bonds is 2. The van der Waals surface area contributed by atoms with E-state index in [-0.39, 0.29) is 18.1 Å². The van der Waals surface area contributed by atoms with Crippen LogP contribution in [0.3, 0.4) is 0 Å². The Morgan fingerprint density at radius 1 is 1.14 bits per heavy atom. The van der Waals surface area contributed by atoms with Crippen LogP contribution in [0.5, 0.6) is 17.2 Å². The number of anilines is 1. The van der Waals surface area contributed by atoms with Crippen LogP contribution >= 0.6 is 0 Å². The van der Waals surface area contributed by atoms with Crippen LogP contribution in [0.15, 0.2) is 10.7 Å². The van der Waals surface area contributed by atoms with Gasteiger partial charge in [-0.25, -0.2) is 0 Å². The number of hydrogen-bond acceptors (Lipinski definition) is 6. The van der Waals surface area contributed by atoms with E-state index >= 15 is 0 Å². The minimum Gasteiger partial charge on any atom is -0.492 e. The van der Waals surface area contributed by atoms with Crippen LogP contribution in [0.4, 0.5) is 5.88 Å². The molecule has 22 heavy (non-hydrogen) atoms. The van der Waals surface area contributed by atoms with Crippen LogP contribution in [-0.4, -0.2) is 24.5 Å². The molecule has 2 N–H and O–H groups in total. The molecule has 6 nitrogen and oxygen atoms in total. The number of hydrogen-bond donors (Lipinski definition) is 1. The lowest BCUT2D eigenvalue weighted by Crippen LogP contribution is -2.07. The van der Waals surface area contributed by atoms with Crippen LogP contribution in [0.25, 0.3) is 11.1 Å². The molecule has 0 bridgehead atoms. The van der Waals surface area contributed by atoms with E-state index in [1.807, 2.05) is 13.8 Å². The summed E-state index contributed by atoms with van der Waals surface area (Å²) in [5.41, 5.74) is 9.70. The molecule has 2 unspecified atom stereocenters. The Kier molecular flexibility index (Phi) is 2.76. The highest BCUT2D eigenvalue weighted by Crippen LogP contribution is 2.55. The number of nitrogen functional groups attached to an aromatic ring is 1. The summed E-state index contributed by atoms with van der Waals surface area (Å²) in [5, 5.41) is 3.80. The SMILES string of the molecule is COc1c2c(c(-c3cnoc3N)c3c1OC(C)C3)OC(C)C2. The largest absolute Gasteiger partial charge is 0.492 e. The Bertz CT molecular complexity index is 714. The first-order valence-corrected chi connectivity index (χ1v) is 7.39. The Morgan fingerprint density at radius 3 is 2.45 bits per heavy atom.